The Morgan fingerprint density at radius 2 is 1.00 bits per heavy atom. The van der Waals surface area contributed by atoms with Crippen LogP contribution in [-0.2, 0) is 9.59 Å². The molecule has 0 bridgehead atoms. The molecular weight excluding hydrogens is 544 g/mol. The van der Waals surface area contributed by atoms with Crippen molar-refractivity contribution >= 4 is 28.6 Å². The van der Waals surface area contributed by atoms with Gasteiger partial charge in [-0.15, -0.1) is 0 Å². The van der Waals surface area contributed by atoms with Gasteiger partial charge in [0.2, 0.25) is 0 Å². The molecule has 0 unspecified atom stereocenters. The van der Waals surface area contributed by atoms with Gasteiger partial charge in [-0.3, -0.25) is 28.8 Å². The molecule has 228 valence electrons. The van der Waals surface area contributed by atoms with Crippen LogP contribution >= 0.6 is 0 Å². The van der Waals surface area contributed by atoms with Crippen molar-refractivity contribution in [3.8, 4) is 5.75 Å². The third-order valence-electron chi connectivity index (χ3n) is 6.05. The second kappa shape index (κ2) is 13.7. The van der Waals surface area contributed by atoms with Crippen LogP contribution in [0, 0.1) is 11.8 Å². The number of hydrogen-bond acceptors (Lipinski definition) is 12. The van der Waals surface area contributed by atoms with Crippen LogP contribution in [0.2, 0.25) is 0 Å². The van der Waals surface area contributed by atoms with Gasteiger partial charge in [-0.05, 0) is 39.5 Å². The summed E-state index contributed by atoms with van der Waals surface area (Å²) in [6, 6.07) is 0.171. The Morgan fingerprint density at radius 1 is 0.595 bits per heavy atom. The van der Waals surface area contributed by atoms with Gasteiger partial charge in [-0.25, -0.2) is 0 Å². The number of nitrogen functional groups attached to an aromatic ring is 1. The number of anilines is 3. The largest absolute Gasteiger partial charge is 0.507 e. The van der Waals surface area contributed by atoms with Crippen molar-refractivity contribution < 1.29 is 19.8 Å². The summed E-state index contributed by atoms with van der Waals surface area (Å²) in [5.74, 6) is -0.0558. The molecule has 0 aromatic heterocycles. The molecule has 42 heavy (non-hydrogen) atoms. The second-order valence-corrected chi connectivity index (χ2v) is 10.9. The Bertz CT molecular complexity index is 1500. The quantitative estimate of drug-likeness (QED) is 0.212. The van der Waals surface area contributed by atoms with Gasteiger partial charge in [0.1, 0.15) is 22.8 Å². The smallest absolute Gasteiger partial charge is 0.271 e. The first kappa shape index (κ1) is 35.3. The van der Waals surface area contributed by atoms with E-state index in [1.807, 2.05) is 55.4 Å². The number of rotatable bonds is 6. The molecule has 4 rings (SSSR count). The fourth-order valence-corrected chi connectivity index (χ4v) is 3.74. The fraction of sp³-hybridized carbons (Fsp3) is 0.400. The van der Waals surface area contributed by atoms with Crippen molar-refractivity contribution in [1.29, 1.82) is 0 Å². The summed E-state index contributed by atoms with van der Waals surface area (Å²) < 4.78 is 0. The summed E-state index contributed by atoms with van der Waals surface area (Å²) in [5.41, 5.74) is 11.2. The number of nitrogens with two attached hydrogens (primary N) is 2. The zero-order valence-corrected chi connectivity index (χ0v) is 25.2. The molecule has 2 aliphatic rings. The van der Waals surface area contributed by atoms with E-state index in [4.69, 9.17) is 21.7 Å². The molecule has 8 N–H and O–H groups in total. The molecule has 2 aromatic carbocycles. The lowest BCUT2D eigenvalue weighted by Gasteiger charge is -2.23. The van der Waals surface area contributed by atoms with Crippen molar-refractivity contribution in [2.75, 3.05) is 16.4 Å². The zero-order chi connectivity index (χ0) is 33.0. The van der Waals surface area contributed by atoms with Crippen LogP contribution in [0.15, 0.2) is 66.1 Å². The lowest BCUT2D eigenvalue weighted by Crippen LogP contribution is -2.38. The highest BCUT2D eigenvalue weighted by molar-refractivity contribution is 6.19. The first-order valence-electron chi connectivity index (χ1n) is 13.2. The summed E-state index contributed by atoms with van der Waals surface area (Å²) in [4.78, 5) is 64.3. The minimum Gasteiger partial charge on any atom is -0.507 e. The fourth-order valence-electron chi connectivity index (χ4n) is 3.74. The Labute approximate surface area is 243 Å². The summed E-state index contributed by atoms with van der Waals surface area (Å²) in [6.45, 7) is 21.9. The van der Waals surface area contributed by atoms with Crippen LogP contribution in [0.1, 0.15) is 55.4 Å². The number of ketones is 2. The summed E-state index contributed by atoms with van der Waals surface area (Å²) >= 11 is 0. The van der Waals surface area contributed by atoms with Gasteiger partial charge in [0, 0.05) is 34.5 Å². The van der Waals surface area contributed by atoms with Crippen molar-refractivity contribution in [2.24, 2.45) is 17.6 Å². The topological polar surface area (TPSA) is 219 Å². The van der Waals surface area contributed by atoms with Crippen LogP contribution in [0.4, 0.5) is 17.1 Å². The number of allylic oxidation sites excluding steroid dienone is 4. The highest BCUT2D eigenvalue weighted by Gasteiger charge is 2.33. The summed E-state index contributed by atoms with van der Waals surface area (Å²) in [7, 11) is 0. The molecular formula is C30H40N4O8. The molecule has 0 fully saturated rings. The number of aliphatic hydroxyl groups excluding tert-OH is 1. The molecule has 0 atom stereocenters. The number of carbonyl (C=O) groups is 2. The molecule has 0 saturated carbocycles. The van der Waals surface area contributed by atoms with E-state index in [9.17, 15) is 28.8 Å². The lowest BCUT2D eigenvalue weighted by molar-refractivity contribution is -0.114. The van der Waals surface area contributed by atoms with Gasteiger partial charge < -0.3 is 32.3 Å². The standard InChI is InChI=1S/C8H11NO.C8H10O2.C7H10N2O2.C7H9NO3/c2*1-4(2)6-7(9)5(3)8(6)10;1-3(2)9-5-4(8)6(10)7(5)11;1-3(2)8-4-5(9)7(11)6(4)10/h4H,3,9H2,1-2H3;4,9H,3H2,1-2H3;3,9H,8H2,1-2H3;3,8-9H,1-2H3. The number of Topliss-reactive ketones (excluding diaryl/α,β-unsaturated/α-hetero) is 2. The van der Waals surface area contributed by atoms with E-state index in [1.165, 1.54) is 0 Å². The van der Waals surface area contributed by atoms with Crippen LogP contribution in [0.3, 0.4) is 0 Å². The van der Waals surface area contributed by atoms with Gasteiger partial charge >= 0.3 is 0 Å². The first-order valence-corrected chi connectivity index (χ1v) is 13.2. The first-order chi connectivity index (χ1) is 19.2. The highest BCUT2D eigenvalue weighted by atomic mass is 16.3. The van der Waals surface area contributed by atoms with E-state index >= 15 is 0 Å². The summed E-state index contributed by atoms with van der Waals surface area (Å²) in [6.07, 6.45) is 0. The minimum absolute atomic E-state index is 0.0347. The maximum Gasteiger partial charge on any atom is 0.271 e. The van der Waals surface area contributed by atoms with Gasteiger partial charge in [-0.1, -0.05) is 40.9 Å². The van der Waals surface area contributed by atoms with E-state index in [2.05, 4.69) is 23.8 Å². The average molecular weight is 585 g/mol. The average Bonchev–Trinajstić information content (AvgIpc) is 2.93. The molecule has 0 aliphatic heterocycles. The molecule has 2 aromatic rings. The third kappa shape index (κ3) is 7.31. The van der Waals surface area contributed by atoms with Crippen molar-refractivity contribution in [1.82, 2.24) is 0 Å². The molecule has 0 radical (unpaired) electrons. The predicted octanol–water partition coefficient (Wildman–Crippen LogP) is 2.08. The third-order valence-corrected chi connectivity index (χ3v) is 6.05. The highest BCUT2D eigenvalue weighted by Crippen LogP contribution is 2.31. The van der Waals surface area contributed by atoms with Crippen molar-refractivity contribution in [3.63, 3.8) is 0 Å². The molecule has 0 amide bonds. The van der Waals surface area contributed by atoms with Gasteiger partial charge in [0.15, 0.2) is 17.3 Å². The maximum absolute atomic E-state index is 11.0. The normalized spacial score (nSPS) is 14.4. The van der Waals surface area contributed by atoms with Crippen LogP contribution in [-0.4, -0.2) is 33.9 Å². The number of aliphatic hydroxyl groups is 1. The number of hydrogen-bond donors (Lipinski definition) is 6. The number of carbonyl (C=O) groups excluding carboxylic acids is 2. The molecule has 0 saturated heterocycles. The Morgan fingerprint density at radius 3 is 1.29 bits per heavy atom. The van der Waals surface area contributed by atoms with Gasteiger partial charge in [-0.2, -0.15) is 0 Å². The lowest BCUT2D eigenvalue weighted by atomic mass is 9.81. The van der Waals surface area contributed by atoms with Gasteiger partial charge in [0.05, 0.1) is 5.57 Å². The van der Waals surface area contributed by atoms with Gasteiger partial charge in [0.25, 0.3) is 21.7 Å². The number of aromatic hydroxyl groups is 1. The SMILES string of the molecule is C=C1C(=O)C(C(C)C)=C1N.C=C1C(=O)C(C(C)C)=C1O.CC(C)Nc1c(N)c(=O)c1=O.CC(C)Nc1c(O)c(=O)c1=O. The molecule has 2 aliphatic carbocycles. The molecule has 0 heterocycles. The minimum atomic E-state index is -0.798. The Kier molecular flexibility index (Phi) is 11.6. The van der Waals surface area contributed by atoms with E-state index in [1.54, 1.807) is 0 Å². The predicted molar refractivity (Wildman–Crippen MR) is 165 cm³/mol. The van der Waals surface area contributed by atoms with E-state index in [0.717, 1.165) is 5.57 Å². The Hall–Kier alpha value is -4.74. The molecule has 12 heteroatoms. The molecule has 12 nitrogen and oxygen atoms in total. The van der Waals surface area contributed by atoms with E-state index < -0.39 is 27.5 Å². The van der Waals surface area contributed by atoms with Crippen molar-refractivity contribution in [2.45, 2.75) is 67.5 Å². The van der Waals surface area contributed by atoms with Crippen LogP contribution < -0.4 is 43.8 Å². The van der Waals surface area contributed by atoms with Crippen LogP contribution in [0.25, 0.3) is 0 Å². The van der Waals surface area contributed by atoms with Crippen LogP contribution in [0.5, 0.6) is 5.75 Å². The number of nitrogens with one attached hydrogen (secondary N) is 2. The second-order valence-electron chi connectivity index (χ2n) is 10.9. The van der Waals surface area contributed by atoms with E-state index in [0.29, 0.717) is 16.8 Å². The summed E-state index contributed by atoms with van der Waals surface area (Å²) in [5, 5.41) is 23.4. The maximum atomic E-state index is 11.0. The van der Waals surface area contributed by atoms with E-state index in [-0.39, 0.29) is 63.9 Å². The van der Waals surface area contributed by atoms with Crippen molar-refractivity contribution in [3.05, 3.63) is 87.8 Å². The zero-order valence-electron chi connectivity index (χ0n) is 25.2. The monoisotopic (exact) mass is 584 g/mol. The molecule has 0 spiro atoms. The Balaban J connectivity index is 0.000000280.